The van der Waals surface area contributed by atoms with Crippen LogP contribution < -0.4 is 5.32 Å². The minimum atomic E-state index is -4.18. The van der Waals surface area contributed by atoms with Crippen molar-refractivity contribution in [2.24, 2.45) is 17.3 Å². The molecule has 0 radical (unpaired) electrons. The van der Waals surface area contributed by atoms with Gasteiger partial charge in [0, 0.05) is 10.9 Å². The van der Waals surface area contributed by atoms with E-state index in [1.54, 1.807) is 12.3 Å². The van der Waals surface area contributed by atoms with Crippen LogP contribution in [-0.4, -0.2) is 22.0 Å². The Bertz CT molecular complexity index is 640. The van der Waals surface area contributed by atoms with E-state index in [9.17, 15) is 18.0 Å². The number of aryl methyl sites for hydroxylation is 1. The quantitative estimate of drug-likeness (QED) is 0.878. The molecule has 1 N–H and O–H groups in total. The molecule has 1 aromatic rings. The molecule has 4 bridgehead atoms. The maximum atomic E-state index is 13.7. The van der Waals surface area contributed by atoms with Gasteiger partial charge in [-0.25, -0.2) is 0 Å². The van der Waals surface area contributed by atoms with E-state index in [0.717, 1.165) is 6.42 Å². The number of halogens is 3. The van der Waals surface area contributed by atoms with Crippen LogP contribution in [0.2, 0.25) is 0 Å². The molecule has 0 aromatic carbocycles. The Hall–Kier alpha value is -1.11. The third kappa shape index (κ3) is 2.30. The number of amides is 1. The molecular weight excluding hydrogens is 325 g/mol. The van der Waals surface area contributed by atoms with Crippen LogP contribution in [0.1, 0.15) is 54.6 Å². The van der Waals surface area contributed by atoms with Gasteiger partial charge in [0.25, 0.3) is 5.91 Å². The van der Waals surface area contributed by atoms with Gasteiger partial charge in [-0.3, -0.25) is 4.79 Å². The minimum absolute atomic E-state index is 0.0405. The van der Waals surface area contributed by atoms with Crippen molar-refractivity contribution in [1.29, 1.82) is 0 Å². The van der Waals surface area contributed by atoms with Crippen molar-refractivity contribution in [3.63, 3.8) is 0 Å². The predicted molar refractivity (Wildman–Crippen MR) is 80.2 cm³/mol. The van der Waals surface area contributed by atoms with E-state index in [1.807, 2.05) is 0 Å². The van der Waals surface area contributed by atoms with Gasteiger partial charge in [0.15, 0.2) is 0 Å². The average molecular weight is 344 g/mol. The summed E-state index contributed by atoms with van der Waals surface area (Å²) in [5.74, 6) is -0.102. The Balaban J connectivity index is 1.64. The lowest BCUT2D eigenvalue weighted by atomic mass is 9.46. The highest BCUT2D eigenvalue weighted by Gasteiger charge is 2.67. The fraction of sp³-hybridized carbons (Fsp3) is 0.750. The molecule has 1 heterocycles. The second-order valence-electron chi connectivity index (χ2n) is 7.79. The van der Waals surface area contributed by atoms with Crippen molar-refractivity contribution >= 4 is 17.4 Å². The van der Waals surface area contributed by atoms with E-state index in [4.69, 9.17) is 0 Å². The lowest BCUT2D eigenvalue weighted by molar-refractivity contribution is -0.277. The number of hydrogen-bond acceptors (Lipinski definition) is 3. The summed E-state index contributed by atoms with van der Waals surface area (Å²) in [6.07, 6.45) is -1.41. The van der Waals surface area contributed by atoms with Gasteiger partial charge in [-0.1, -0.05) is 0 Å². The van der Waals surface area contributed by atoms with E-state index >= 15 is 0 Å². The fourth-order valence-electron chi connectivity index (χ4n) is 5.56. The summed E-state index contributed by atoms with van der Waals surface area (Å²) >= 11 is 1.20. The van der Waals surface area contributed by atoms with Crippen molar-refractivity contribution in [1.82, 2.24) is 9.69 Å². The summed E-state index contributed by atoms with van der Waals surface area (Å²) in [5.41, 5.74) is -1.15. The van der Waals surface area contributed by atoms with Crippen LogP contribution >= 0.6 is 11.5 Å². The first kappa shape index (κ1) is 15.4. The number of nitrogens with zero attached hydrogens (tertiary/aromatic N) is 1. The fourth-order valence-corrected chi connectivity index (χ4v) is 6.25. The molecule has 3 nitrogen and oxygen atoms in total. The number of carbonyl (C=O) groups excluding carboxylic acids is 1. The first-order valence-corrected chi connectivity index (χ1v) is 8.86. The molecule has 0 aliphatic heterocycles. The summed E-state index contributed by atoms with van der Waals surface area (Å²) in [7, 11) is 0. The summed E-state index contributed by atoms with van der Waals surface area (Å²) in [6.45, 7) is 1.75. The predicted octanol–water partition coefficient (Wildman–Crippen LogP) is 4.08. The zero-order valence-electron chi connectivity index (χ0n) is 12.9. The third-order valence-corrected chi connectivity index (χ3v) is 6.76. The van der Waals surface area contributed by atoms with Gasteiger partial charge in [-0.2, -0.15) is 17.5 Å². The zero-order valence-corrected chi connectivity index (χ0v) is 13.7. The maximum Gasteiger partial charge on any atom is 0.394 e. The monoisotopic (exact) mass is 344 g/mol. The summed E-state index contributed by atoms with van der Waals surface area (Å²) < 4.78 is 45.3. The molecule has 7 heteroatoms. The summed E-state index contributed by atoms with van der Waals surface area (Å²) in [4.78, 5) is 12.5. The highest BCUT2D eigenvalue weighted by Crippen LogP contribution is 2.66. The highest BCUT2D eigenvalue weighted by molar-refractivity contribution is 7.03. The second kappa shape index (κ2) is 4.71. The molecule has 23 heavy (non-hydrogen) atoms. The number of hydrogen-bond donors (Lipinski definition) is 1. The molecule has 126 valence electrons. The van der Waals surface area contributed by atoms with Crippen molar-refractivity contribution in [3.05, 3.63) is 16.6 Å². The van der Waals surface area contributed by atoms with Gasteiger partial charge in [0.05, 0.1) is 16.7 Å². The summed E-state index contributed by atoms with van der Waals surface area (Å²) in [5, 5.41) is 4.66. The number of nitrogens with one attached hydrogen (secondary N) is 1. The number of rotatable bonds is 2. The van der Waals surface area contributed by atoms with Crippen LogP contribution in [0.4, 0.5) is 13.2 Å². The molecule has 2 atom stereocenters. The Kier molecular flexibility index (Phi) is 3.16. The van der Waals surface area contributed by atoms with Crippen molar-refractivity contribution < 1.29 is 18.0 Å². The zero-order chi connectivity index (χ0) is 16.5. The minimum Gasteiger partial charge on any atom is -0.346 e. The van der Waals surface area contributed by atoms with Crippen LogP contribution in [0.15, 0.2) is 5.38 Å². The molecular formula is C16H19F3N2OS. The second-order valence-corrected chi connectivity index (χ2v) is 8.42. The number of alkyl halides is 3. The van der Waals surface area contributed by atoms with Gasteiger partial charge in [-0.15, -0.1) is 0 Å². The molecule has 4 aliphatic rings. The lowest BCUT2D eigenvalue weighted by Crippen LogP contribution is -2.66. The molecule has 4 aliphatic carbocycles. The van der Waals surface area contributed by atoms with Gasteiger partial charge in [0.2, 0.25) is 0 Å². The molecule has 1 aromatic heterocycles. The first-order chi connectivity index (χ1) is 10.7. The van der Waals surface area contributed by atoms with E-state index in [2.05, 4.69) is 9.69 Å². The Morgan fingerprint density at radius 1 is 1.30 bits per heavy atom. The van der Waals surface area contributed by atoms with Crippen molar-refractivity contribution in [2.75, 3.05) is 0 Å². The van der Waals surface area contributed by atoms with Crippen molar-refractivity contribution in [3.8, 4) is 0 Å². The molecule has 2 unspecified atom stereocenters. The van der Waals surface area contributed by atoms with Gasteiger partial charge in [-0.05, 0) is 68.8 Å². The SMILES string of the molecule is Cc1nscc1C(=O)NC12CC3CC(C1)CC(C(F)(F)F)(C3)C2. The van der Waals surface area contributed by atoms with Crippen molar-refractivity contribution in [2.45, 2.75) is 57.2 Å². The Morgan fingerprint density at radius 2 is 1.96 bits per heavy atom. The van der Waals surface area contributed by atoms with Crippen LogP contribution in [0, 0.1) is 24.2 Å². The van der Waals surface area contributed by atoms with Crippen LogP contribution in [0.5, 0.6) is 0 Å². The molecule has 4 saturated carbocycles. The molecule has 0 spiro atoms. The topological polar surface area (TPSA) is 42.0 Å². The average Bonchev–Trinajstić information content (AvgIpc) is 2.81. The Morgan fingerprint density at radius 3 is 2.48 bits per heavy atom. The van der Waals surface area contributed by atoms with Gasteiger partial charge >= 0.3 is 6.18 Å². The van der Waals surface area contributed by atoms with E-state index in [1.165, 1.54) is 11.5 Å². The van der Waals surface area contributed by atoms with Gasteiger partial charge in [0.1, 0.15) is 0 Å². The summed E-state index contributed by atoms with van der Waals surface area (Å²) in [6, 6.07) is 0. The van der Waals surface area contributed by atoms with Gasteiger partial charge < -0.3 is 5.32 Å². The largest absolute Gasteiger partial charge is 0.394 e. The maximum absolute atomic E-state index is 13.7. The molecule has 0 saturated heterocycles. The third-order valence-electron chi connectivity index (χ3n) is 6.04. The number of carbonyl (C=O) groups is 1. The lowest BCUT2D eigenvalue weighted by Gasteiger charge is -2.62. The van der Waals surface area contributed by atoms with Crippen LogP contribution in [0.25, 0.3) is 0 Å². The van der Waals surface area contributed by atoms with E-state index < -0.39 is 17.1 Å². The highest BCUT2D eigenvalue weighted by atomic mass is 32.1. The van der Waals surface area contributed by atoms with Crippen LogP contribution in [0.3, 0.4) is 0 Å². The molecule has 4 fully saturated rings. The smallest absolute Gasteiger partial charge is 0.346 e. The normalized spacial score (nSPS) is 38.8. The van der Waals surface area contributed by atoms with E-state index in [0.29, 0.717) is 24.1 Å². The van der Waals surface area contributed by atoms with Crippen LogP contribution in [-0.2, 0) is 0 Å². The molecule has 1 amide bonds. The Labute approximate surface area is 136 Å². The van der Waals surface area contributed by atoms with E-state index in [-0.39, 0.29) is 37.0 Å². The standard InChI is InChI=1S/C16H19F3N2OS/c1-9-12(7-23-21-9)13(22)20-15-5-10-2-11(6-15)4-14(3-10,8-15)16(17,18)19/h7,10-11H,2-6,8H2,1H3,(H,20,22). The number of aromatic nitrogens is 1. The molecule has 5 rings (SSSR count). The first-order valence-electron chi connectivity index (χ1n) is 8.02.